The average Bonchev–Trinajstić information content (AvgIpc) is 4.02. The summed E-state index contributed by atoms with van der Waals surface area (Å²) in [6.07, 6.45) is 0. The number of hydrogen-bond donors (Lipinski definition) is 0. The Morgan fingerprint density at radius 2 is 0.825 bits per heavy atom. The summed E-state index contributed by atoms with van der Waals surface area (Å²) in [6, 6.07) is 74.5. The summed E-state index contributed by atoms with van der Waals surface area (Å²) in [5.41, 5.74) is 13.3. The summed E-state index contributed by atoms with van der Waals surface area (Å²) < 4.78 is 11.1. The lowest BCUT2D eigenvalue weighted by Gasteiger charge is -2.18. The van der Waals surface area contributed by atoms with Crippen molar-refractivity contribution in [3.63, 3.8) is 0 Å². The van der Waals surface area contributed by atoms with Crippen molar-refractivity contribution in [2.45, 2.75) is 0 Å². The Balaban J connectivity index is 1.14. The van der Waals surface area contributed by atoms with E-state index in [1.807, 2.05) is 36.4 Å². The third-order valence-corrected chi connectivity index (χ3v) is 12.4. The summed E-state index contributed by atoms with van der Waals surface area (Å²) >= 11 is 0. The molecule has 9 aromatic carbocycles. The molecular formula is C57H35N5O. The molecule has 0 saturated heterocycles. The number of rotatable bonds is 6. The molecule has 0 unspecified atom stereocenters. The minimum atomic E-state index is 0.529. The van der Waals surface area contributed by atoms with E-state index < -0.39 is 0 Å². The van der Waals surface area contributed by atoms with E-state index in [1.165, 1.54) is 11.1 Å². The first-order valence-electron chi connectivity index (χ1n) is 21.2. The highest BCUT2D eigenvalue weighted by atomic mass is 16.3. The molecule has 0 radical (unpaired) electrons. The molecule has 0 bridgehead atoms. The molecule has 0 atom stereocenters. The zero-order valence-electron chi connectivity index (χ0n) is 33.9. The van der Waals surface area contributed by atoms with Gasteiger partial charge >= 0.3 is 0 Å². The fourth-order valence-electron chi connectivity index (χ4n) is 9.62. The van der Waals surface area contributed by atoms with Crippen molar-refractivity contribution < 1.29 is 4.42 Å². The van der Waals surface area contributed by atoms with Crippen LogP contribution in [0, 0.1) is 0 Å². The Morgan fingerprint density at radius 1 is 0.317 bits per heavy atom. The van der Waals surface area contributed by atoms with Gasteiger partial charge in [0.05, 0.1) is 27.8 Å². The van der Waals surface area contributed by atoms with Gasteiger partial charge < -0.3 is 8.98 Å². The highest BCUT2D eigenvalue weighted by Crippen LogP contribution is 2.44. The van der Waals surface area contributed by atoms with Gasteiger partial charge in [-0.1, -0.05) is 176 Å². The van der Waals surface area contributed by atoms with Crippen LogP contribution in [0.3, 0.4) is 0 Å². The third kappa shape index (κ3) is 5.48. The van der Waals surface area contributed by atoms with Crippen molar-refractivity contribution in [1.82, 2.24) is 24.1 Å². The second kappa shape index (κ2) is 14.0. The second-order valence-corrected chi connectivity index (χ2v) is 15.9. The van der Waals surface area contributed by atoms with Gasteiger partial charge in [-0.05, 0) is 53.1 Å². The number of aromatic nitrogens is 5. The van der Waals surface area contributed by atoms with Crippen LogP contribution >= 0.6 is 0 Å². The van der Waals surface area contributed by atoms with E-state index >= 15 is 0 Å². The van der Waals surface area contributed by atoms with Crippen molar-refractivity contribution in [3.05, 3.63) is 212 Å². The maximum Gasteiger partial charge on any atom is 0.238 e. The van der Waals surface area contributed by atoms with Crippen LogP contribution in [0.15, 0.2) is 217 Å². The Hall–Kier alpha value is -8.61. The molecule has 0 aliphatic heterocycles. The van der Waals surface area contributed by atoms with Crippen LogP contribution in [0.4, 0.5) is 0 Å². The Bertz CT molecular complexity index is 3920. The first-order chi connectivity index (χ1) is 31.3. The number of furan rings is 1. The van der Waals surface area contributed by atoms with Gasteiger partial charge in [-0.3, -0.25) is 4.57 Å². The molecule has 0 saturated carbocycles. The van der Waals surface area contributed by atoms with Crippen LogP contribution in [0.2, 0.25) is 0 Å². The SMILES string of the molecule is c1ccc(-c2nc(-c3ccc4c(c3)oc3ccccc34)nc(-n3c4ccccc4c4ccc5c6ccccc6n(-c6ccccc6-c6ccccc6-c6ccccc6)c5c43)n2)cc1. The second-order valence-electron chi connectivity index (χ2n) is 15.9. The maximum atomic E-state index is 6.37. The van der Waals surface area contributed by atoms with E-state index in [0.29, 0.717) is 17.6 Å². The monoisotopic (exact) mass is 805 g/mol. The maximum absolute atomic E-state index is 6.37. The Labute approximate surface area is 361 Å². The van der Waals surface area contributed by atoms with E-state index in [4.69, 9.17) is 19.4 Å². The largest absolute Gasteiger partial charge is 0.456 e. The number of benzene rings is 9. The number of para-hydroxylation sites is 4. The molecule has 13 rings (SSSR count). The van der Waals surface area contributed by atoms with E-state index in [1.54, 1.807) is 0 Å². The highest BCUT2D eigenvalue weighted by Gasteiger charge is 2.25. The molecule has 0 aliphatic carbocycles. The summed E-state index contributed by atoms with van der Waals surface area (Å²) in [5, 5.41) is 6.66. The summed E-state index contributed by atoms with van der Waals surface area (Å²) in [6.45, 7) is 0. The van der Waals surface area contributed by atoms with E-state index in [0.717, 1.165) is 93.5 Å². The van der Waals surface area contributed by atoms with Gasteiger partial charge in [0, 0.05) is 49.0 Å². The topological polar surface area (TPSA) is 61.7 Å². The molecule has 13 aromatic rings. The van der Waals surface area contributed by atoms with Gasteiger partial charge in [0.15, 0.2) is 11.6 Å². The Morgan fingerprint density at radius 3 is 1.56 bits per heavy atom. The van der Waals surface area contributed by atoms with Gasteiger partial charge in [-0.2, -0.15) is 9.97 Å². The van der Waals surface area contributed by atoms with E-state index in [-0.39, 0.29) is 0 Å². The quantitative estimate of drug-likeness (QED) is 0.168. The van der Waals surface area contributed by atoms with E-state index in [9.17, 15) is 0 Å². The van der Waals surface area contributed by atoms with Crippen LogP contribution in [0.25, 0.3) is 122 Å². The molecule has 4 heterocycles. The van der Waals surface area contributed by atoms with Crippen molar-refractivity contribution in [1.29, 1.82) is 0 Å². The van der Waals surface area contributed by atoms with Gasteiger partial charge in [0.25, 0.3) is 0 Å². The molecule has 0 amide bonds. The molecule has 6 nitrogen and oxygen atoms in total. The average molecular weight is 806 g/mol. The van der Waals surface area contributed by atoms with Crippen LogP contribution in [0.1, 0.15) is 0 Å². The molecule has 0 N–H and O–H groups in total. The van der Waals surface area contributed by atoms with Crippen molar-refractivity contribution in [2.75, 3.05) is 0 Å². The molecule has 0 fully saturated rings. The minimum absolute atomic E-state index is 0.529. The Kier molecular flexibility index (Phi) is 7.80. The van der Waals surface area contributed by atoms with Gasteiger partial charge in [-0.15, -0.1) is 0 Å². The molecule has 4 aromatic heterocycles. The minimum Gasteiger partial charge on any atom is -0.456 e. The van der Waals surface area contributed by atoms with Gasteiger partial charge in [0.2, 0.25) is 5.95 Å². The fraction of sp³-hybridized carbons (Fsp3) is 0. The zero-order valence-corrected chi connectivity index (χ0v) is 33.9. The van der Waals surface area contributed by atoms with Crippen LogP contribution in [-0.2, 0) is 0 Å². The molecule has 294 valence electrons. The normalized spacial score (nSPS) is 11.8. The lowest BCUT2D eigenvalue weighted by Crippen LogP contribution is -2.07. The molecular weight excluding hydrogens is 771 g/mol. The molecule has 0 aliphatic rings. The number of hydrogen-bond acceptors (Lipinski definition) is 4. The fourth-order valence-corrected chi connectivity index (χ4v) is 9.62. The van der Waals surface area contributed by atoms with Crippen molar-refractivity contribution in [3.8, 4) is 56.7 Å². The van der Waals surface area contributed by atoms with Gasteiger partial charge in [-0.25, -0.2) is 4.98 Å². The predicted octanol–water partition coefficient (Wildman–Crippen LogP) is 14.6. The zero-order chi connectivity index (χ0) is 41.4. The smallest absolute Gasteiger partial charge is 0.238 e. The van der Waals surface area contributed by atoms with Crippen molar-refractivity contribution in [2.24, 2.45) is 0 Å². The summed E-state index contributed by atoms with van der Waals surface area (Å²) in [5.74, 6) is 1.67. The summed E-state index contributed by atoms with van der Waals surface area (Å²) in [7, 11) is 0. The molecule has 6 heteroatoms. The number of nitrogens with zero attached hydrogens (tertiary/aromatic N) is 5. The van der Waals surface area contributed by atoms with Gasteiger partial charge in [0.1, 0.15) is 11.2 Å². The summed E-state index contributed by atoms with van der Waals surface area (Å²) in [4.78, 5) is 15.9. The van der Waals surface area contributed by atoms with Crippen molar-refractivity contribution >= 4 is 65.6 Å². The molecule has 63 heavy (non-hydrogen) atoms. The lowest BCUT2D eigenvalue weighted by molar-refractivity contribution is 0.669. The van der Waals surface area contributed by atoms with Crippen LogP contribution in [-0.4, -0.2) is 24.1 Å². The number of fused-ring (bicyclic) bond motifs is 10. The lowest BCUT2D eigenvalue weighted by atomic mass is 9.93. The van der Waals surface area contributed by atoms with Crippen LogP contribution < -0.4 is 0 Å². The first kappa shape index (κ1) is 35.2. The standard InChI is InChI=1S/C57H35N5O/c1-3-17-36(18-4-1)39-21-7-8-22-40(39)41-23-9-13-27-48(41)61-49-28-14-10-24-42(49)46-33-34-47-43-25-11-15-29-50(43)62(54(47)53(46)61)57-59-55(37-19-5-2-6-20-37)58-56(60-57)38-31-32-45-44-26-12-16-30-51(44)63-52(45)35-38/h1-35H. The van der Waals surface area contributed by atoms with Crippen LogP contribution in [0.5, 0.6) is 0 Å². The molecule has 0 spiro atoms. The third-order valence-electron chi connectivity index (χ3n) is 12.4. The first-order valence-corrected chi connectivity index (χ1v) is 21.2. The highest BCUT2D eigenvalue weighted by molar-refractivity contribution is 6.24. The van der Waals surface area contributed by atoms with E-state index in [2.05, 4.69) is 185 Å². The predicted molar refractivity (Wildman–Crippen MR) is 258 cm³/mol.